The van der Waals surface area contributed by atoms with Gasteiger partial charge in [0.2, 0.25) is 5.91 Å². The maximum Gasteiger partial charge on any atom is 0.416 e. The van der Waals surface area contributed by atoms with Gasteiger partial charge in [-0.1, -0.05) is 25.1 Å². The molecule has 2 unspecified atom stereocenters. The Morgan fingerprint density at radius 1 is 1.45 bits per heavy atom. The number of alkyl halides is 3. The standard InChI is InChI=1S/C15H19F3N2O.ClH/c1-2-13(14(21)20-12-6-7-19-9-12)10-4-3-5-11(8-10)15(16,17)18;/h3-5,8,12-13,19H,2,6-7,9H2,1H3,(H,20,21);1H. The molecule has 3 nitrogen and oxygen atoms in total. The van der Waals surface area contributed by atoms with Crippen molar-refractivity contribution in [3.05, 3.63) is 35.4 Å². The number of nitrogens with one attached hydrogen (secondary N) is 2. The number of rotatable bonds is 4. The van der Waals surface area contributed by atoms with E-state index in [0.29, 0.717) is 18.5 Å². The van der Waals surface area contributed by atoms with E-state index in [-0.39, 0.29) is 24.4 Å². The molecule has 0 saturated carbocycles. The Kier molecular flexibility index (Phi) is 6.68. The van der Waals surface area contributed by atoms with E-state index in [1.54, 1.807) is 13.0 Å². The lowest BCUT2D eigenvalue weighted by atomic mass is 9.93. The van der Waals surface area contributed by atoms with Gasteiger partial charge in [0.05, 0.1) is 11.5 Å². The molecule has 2 N–H and O–H groups in total. The first kappa shape index (κ1) is 18.8. The molecule has 1 aromatic rings. The highest BCUT2D eigenvalue weighted by Crippen LogP contribution is 2.31. The molecule has 0 bridgehead atoms. The number of carbonyl (C=O) groups excluding carboxylic acids is 1. The van der Waals surface area contributed by atoms with Gasteiger partial charge >= 0.3 is 6.18 Å². The van der Waals surface area contributed by atoms with Crippen LogP contribution in [0.5, 0.6) is 0 Å². The van der Waals surface area contributed by atoms with Gasteiger partial charge in [-0.2, -0.15) is 13.2 Å². The van der Waals surface area contributed by atoms with Gasteiger partial charge in [-0.25, -0.2) is 0 Å². The summed E-state index contributed by atoms with van der Waals surface area (Å²) in [5, 5.41) is 6.04. The highest BCUT2D eigenvalue weighted by Gasteiger charge is 2.32. The largest absolute Gasteiger partial charge is 0.416 e. The number of halogens is 4. The van der Waals surface area contributed by atoms with E-state index in [0.717, 1.165) is 25.1 Å². The van der Waals surface area contributed by atoms with Crippen molar-refractivity contribution in [2.75, 3.05) is 13.1 Å². The lowest BCUT2D eigenvalue weighted by Crippen LogP contribution is -2.39. The molecule has 0 spiro atoms. The van der Waals surface area contributed by atoms with Crippen LogP contribution in [0.15, 0.2) is 24.3 Å². The summed E-state index contributed by atoms with van der Waals surface area (Å²) in [6.07, 6.45) is -3.07. The summed E-state index contributed by atoms with van der Waals surface area (Å²) in [4.78, 5) is 12.3. The fraction of sp³-hybridized carbons (Fsp3) is 0.533. The third-order valence-corrected chi connectivity index (χ3v) is 3.75. The lowest BCUT2D eigenvalue weighted by Gasteiger charge is -2.19. The second-order valence-corrected chi connectivity index (χ2v) is 5.28. The van der Waals surface area contributed by atoms with E-state index in [1.807, 2.05) is 0 Å². The molecule has 2 atom stereocenters. The predicted molar refractivity (Wildman–Crippen MR) is 81.1 cm³/mol. The van der Waals surface area contributed by atoms with Gasteiger partial charge < -0.3 is 10.6 Å². The Bertz CT molecular complexity index is 502. The molecular formula is C15H20ClF3N2O. The monoisotopic (exact) mass is 336 g/mol. The maximum atomic E-state index is 12.8. The molecule has 1 aliphatic heterocycles. The highest BCUT2D eigenvalue weighted by molar-refractivity contribution is 5.85. The first-order valence-electron chi connectivity index (χ1n) is 7.10. The van der Waals surface area contributed by atoms with E-state index in [2.05, 4.69) is 10.6 Å². The van der Waals surface area contributed by atoms with Gasteiger partial charge in [-0.15, -0.1) is 12.4 Å². The van der Waals surface area contributed by atoms with Gasteiger partial charge in [-0.05, 0) is 31.0 Å². The summed E-state index contributed by atoms with van der Waals surface area (Å²) in [5.74, 6) is -0.751. The molecule has 1 aliphatic rings. The fourth-order valence-corrected chi connectivity index (χ4v) is 2.58. The number of benzene rings is 1. The highest BCUT2D eigenvalue weighted by atomic mass is 35.5. The van der Waals surface area contributed by atoms with Gasteiger partial charge in [-0.3, -0.25) is 4.79 Å². The molecule has 0 radical (unpaired) electrons. The summed E-state index contributed by atoms with van der Waals surface area (Å²) in [7, 11) is 0. The van der Waals surface area contributed by atoms with Crippen LogP contribution < -0.4 is 10.6 Å². The van der Waals surface area contributed by atoms with Crippen LogP contribution >= 0.6 is 12.4 Å². The second-order valence-electron chi connectivity index (χ2n) is 5.28. The molecule has 1 amide bonds. The quantitative estimate of drug-likeness (QED) is 0.887. The second kappa shape index (κ2) is 7.83. The average Bonchev–Trinajstić information content (AvgIpc) is 2.92. The predicted octanol–water partition coefficient (Wildman–Crippen LogP) is 3.10. The molecule has 1 heterocycles. The van der Waals surface area contributed by atoms with Crippen molar-refractivity contribution in [1.29, 1.82) is 0 Å². The molecule has 1 saturated heterocycles. The zero-order chi connectivity index (χ0) is 15.5. The smallest absolute Gasteiger partial charge is 0.352 e. The topological polar surface area (TPSA) is 41.1 Å². The molecule has 0 aromatic heterocycles. The Morgan fingerprint density at radius 2 is 2.18 bits per heavy atom. The number of amides is 1. The first-order valence-corrected chi connectivity index (χ1v) is 7.10. The zero-order valence-electron chi connectivity index (χ0n) is 12.2. The molecule has 22 heavy (non-hydrogen) atoms. The molecule has 0 aliphatic carbocycles. The van der Waals surface area contributed by atoms with Crippen LogP contribution in [0.4, 0.5) is 13.2 Å². The Balaban J connectivity index is 0.00000242. The van der Waals surface area contributed by atoms with E-state index < -0.39 is 17.7 Å². The Labute approximate surface area is 134 Å². The van der Waals surface area contributed by atoms with E-state index >= 15 is 0 Å². The van der Waals surface area contributed by atoms with Crippen LogP contribution in [0, 0.1) is 0 Å². The minimum atomic E-state index is -4.39. The van der Waals surface area contributed by atoms with Gasteiger partial charge in [0.25, 0.3) is 0 Å². The first-order chi connectivity index (χ1) is 9.91. The van der Waals surface area contributed by atoms with Gasteiger partial charge in [0.1, 0.15) is 0 Å². The third kappa shape index (κ3) is 4.61. The van der Waals surface area contributed by atoms with Gasteiger partial charge in [0, 0.05) is 12.6 Å². The van der Waals surface area contributed by atoms with E-state index in [9.17, 15) is 18.0 Å². The summed E-state index contributed by atoms with van der Waals surface area (Å²) < 4.78 is 38.3. The van der Waals surface area contributed by atoms with Crippen molar-refractivity contribution in [3.8, 4) is 0 Å². The van der Waals surface area contributed by atoms with Crippen molar-refractivity contribution in [2.45, 2.75) is 37.9 Å². The summed E-state index contributed by atoms with van der Waals surface area (Å²) in [6.45, 7) is 3.37. The maximum absolute atomic E-state index is 12.8. The molecule has 1 aromatic carbocycles. The molecular weight excluding hydrogens is 317 g/mol. The van der Waals surface area contributed by atoms with Crippen molar-refractivity contribution in [1.82, 2.24) is 10.6 Å². The van der Waals surface area contributed by atoms with Crippen LogP contribution in [0.25, 0.3) is 0 Å². The van der Waals surface area contributed by atoms with Gasteiger partial charge in [0.15, 0.2) is 0 Å². The fourth-order valence-electron chi connectivity index (χ4n) is 2.58. The van der Waals surface area contributed by atoms with Crippen LogP contribution in [-0.2, 0) is 11.0 Å². The van der Waals surface area contributed by atoms with Crippen LogP contribution in [0.2, 0.25) is 0 Å². The van der Waals surface area contributed by atoms with Crippen molar-refractivity contribution in [3.63, 3.8) is 0 Å². The zero-order valence-corrected chi connectivity index (χ0v) is 13.1. The average molecular weight is 337 g/mol. The molecule has 1 fully saturated rings. The normalized spacial score (nSPS) is 19.4. The van der Waals surface area contributed by atoms with Crippen LogP contribution in [0.3, 0.4) is 0 Å². The van der Waals surface area contributed by atoms with Crippen LogP contribution in [0.1, 0.15) is 36.8 Å². The number of hydrogen-bond acceptors (Lipinski definition) is 2. The van der Waals surface area contributed by atoms with Crippen molar-refractivity contribution < 1.29 is 18.0 Å². The van der Waals surface area contributed by atoms with Crippen molar-refractivity contribution in [2.24, 2.45) is 0 Å². The minimum Gasteiger partial charge on any atom is -0.352 e. The molecule has 124 valence electrons. The lowest BCUT2D eigenvalue weighted by molar-refractivity contribution is -0.137. The molecule has 7 heteroatoms. The summed E-state index contributed by atoms with van der Waals surface area (Å²) in [6, 6.07) is 5.09. The van der Waals surface area contributed by atoms with E-state index in [4.69, 9.17) is 0 Å². The molecule has 2 rings (SSSR count). The van der Waals surface area contributed by atoms with Crippen molar-refractivity contribution >= 4 is 18.3 Å². The number of carbonyl (C=O) groups is 1. The Morgan fingerprint density at radius 3 is 2.73 bits per heavy atom. The summed E-state index contributed by atoms with van der Waals surface area (Å²) >= 11 is 0. The Hall–Kier alpha value is -1.27. The number of hydrogen-bond donors (Lipinski definition) is 2. The van der Waals surface area contributed by atoms with Crippen LogP contribution in [-0.4, -0.2) is 25.0 Å². The third-order valence-electron chi connectivity index (χ3n) is 3.75. The summed E-state index contributed by atoms with van der Waals surface area (Å²) in [5.41, 5.74) is -0.301. The SMILES string of the molecule is CCC(C(=O)NC1CCNC1)c1cccc(C(F)(F)F)c1.Cl. The van der Waals surface area contributed by atoms with E-state index in [1.165, 1.54) is 6.07 Å². The minimum absolute atomic E-state index is 0.